The number of likely N-dealkylation sites (N-methyl/N-ethyl adjacent to an activating group) is 1. The second-order valence-electron chi connectivity index (χ2n) is 4.71. The first-order chi connectivity index (χ1) is 9.58. The fourth-order valence-corrected chi connectivity index (χ4v) is 1.77. The number of amides is 1. The second kappa shape index (κ2) is 6.21. The number of nitrogens with one attached hydrogen (secondary N) is 1. The maximum absolute atomic E-state index is 11.4. The van der Waals surface area contributed by atoms with Crippen LogP contribution in [-0.4, -0.2) is 48.3 Å². The van der Waals surface area contributed by atoms with Crippen LogP contribution in [-0.2, 0) is 0 Å². The fourth-order valence-electron chi connectivity index (χ4n) is 1.77. The molecule has 0 bridgehead atoms. The Hall–Kier alpha value is -2.34. The lowest BCUT2D eigenvalue weighted by atomic mass is 10.1. The third kappa shape index (κ3) is 3.36. The zero-order valence-corrected chi connectivity index (χ0v) is 11.6. The molecule has 106 valence electrons. The maximum Gasteiger partial charge on any atom is 0.252 e. The minimum Gasteiger partial charge on any atom is -0.491 e. The van der Waals surface area contributed by atoms with Gasteiger partial charge in [-0.1, -0.05) is 6.07 Å². The third-order valence-electron chi connectivity index (χ3n) is 2.87. The highest BCUT2D eigenvalue weighted by Crippen LogP contribution is 2.26. The lowest BCUT2D eigenvalue weighted by Gasteiger charge is -2.13. The van der Waals surface area contributed by atoms with Crippen LogP contribution in [0.15, 0.2) is 30.6 Å². The molecule has 1 amide bonds. The molecule has 0 saturated heterocycles. The third-order valence-corrected chi connectivity index (χ3v) is 2.87. The van der Waals surface area contributed by atoms with Crippen LogP contribution in [0.3, 0.4) is 0 Å². The number of primary amides is 1. The van der Waals surface area contributed by atoms with E-state index in [1.54, 1.807) is 24.5 Å². The molecule has 1 heterocycles. The highest BCUT2D eigenvalue weighted by molar-refractivity contribution is 5.96. The molecule has 20 heavy (non-hydrogen) atoms. The molecule has 0 aliphatic carbocycles. The van der Waals surface area contributed by atoms with Gasteiger partial charge in [0, 0.05) is 18.3 Å². The lowest BCUT2D eigenvalue weighted by Crippen LogP contribution is -2.21. The van der Waals surface area contributed by atoms with E-state index in [4.69, 9.17) is 10.5 Å². The predicted octanol–water partition coefficient (Wildman–Crippen LogP) is 1.12. The van der Waals surface area contributed by atoms with E-state index >= 15 is 0 Å². The summed E-state index contributed by atoms with van der Waals surface area (Å²) in [6.45, 7) is 1.25. The van der Waals surface area contributed by atoms with Crippen molar-refractivity contribution in [3.63, 3.8) is 0 Å². The van der Waals surface area contributed by atoms with Crippen molar-refractivity contribution in [1.82, 2.24) is 15.1 Å². The summed E-state index contributed by atoms with van der Waals surface area (Å²) < 4.78 is 5.67. The number of benzene rings is 1. The molecule has 0 saturated carbocycles. The highest BCUT2D eigenvalue weighted by atomic mass is 16.5. The average Bonchev–Trinajstić information content (AvgIpc) is 2.91. The number of nitrogens with two attached hydrogens (primary N) is 1. The number of carbonyl (C=O) groups is 1. The molecule has 0 unspecified atom stereocenters. The quantitative estimate of drug-likeness (QED) is 0.826. The molecular weight excluding hydrogens is 256 g/mol. The smallest absolute Gasteiger partial charge is 0.252 e. The SMILES string of the molecule is CN(C)CCOc1cc(-c2cn[nH]c2)ccc1C(N)=O. The van der Waals surface area contributed by atoms with E-state index in [0.717, 1.165) is 17.7 Å². The summed E-state index contributed by atoms with van der Waals surface area (Å²) >= 11 is 0. The van der Waals surface area contributed by atoms with Gasteiger partial charge in [0.25, 0.3) is 5.91 Å². The van der Waals surface area contributed by atoms with Gasteiger partial charge in [-0.15, -0.1) is 0 Å². The van der Waals surface area contributed by atoms with E-state index in [9.17, 15) is 4.79 Å². The number of aromatic amines is 1. The van der Waals surface area contributed by atoms with Crippen molar-refractivity contribution in [2.24, 2.45) is 5.73 Å². The summed E-state index contributed by atoms with van der Waals surface area (Å²) in [6.07, 6.45) is 3.49. The molecule has 6 nitrogen and oxygen atoms in total. The monoisotopic (exact) mass is 274 g/mol. The van der Waals surface area contributed by atoms with Gasteiger partial charge >= 0.3 is 0 Å². The molecule has 2 rings (SSSR count). The molecule has 0 aliphatic rings. The molecule has 1 aromatic heterocycles. The number of rotatable bonds is 6. The Labute approximate surface area is 117 Å². The molecule has 3 N–H and O–H groups in total. The van der Waals surface area contributed by atoms with E-state index in [-0.39, 0.29) is 0 Å². The standard InChI is InChI=1S/C14H18N4O2/c1-18(2)5-6-20-13-7-10(11-8-16-17-9-11)3-4-12(13)14(15)19/h3-4,7-9H,5-6H2,1-2H3,(H2,15,19)(H,16,17). The van der Waals surface area contributed by atoms with Gasteiger partial charge in [-0.25, -0.2) is 0 Å². The van der Waals surface area contributed by atoms with E-state index in [0.29, 0.717) is 17.9 Å². The van der Waals surface area contributed by atoms with Crippen LogP contribution in [0, 0.1) is 0 Å². The minimum atomic E-state index is -0.497. The van der Waals surface area contributed by atoms with Crippen molar-refractivity contribution in [3.05, 3.63) is 36.2 Å². The highest BCUT2D eigenvalue weighted by Gasteiger charge is 2.11. The number of aromatic nitrogens is 2. The van der Waals surface area contributed by atoms with Gasteiger partial charge in [0.05, 0.1) is 11.8 Å². The molecule has 0 radical (unpaired) electrons. The Morgan fingerprint density at radius 1 is 1.40 bits per heavy atom. The number of ether oxygens (including phenoxy) is 1. The summed E-state index contributed by atoms with van der Waals surface area (Å²) in [5.74, 6) is 0.00152. The predicted molar refractivity (Wildman–Crippen MR) is 76.6 cm³/mol. The topological polar surface area (TPSA) is 84.2 Å². The van der Waals surface area contributed by atoms with Crippen LogP contribution in [0.5, 0.6) is 5.75 Å². The molecule has 0 spiro atoms. The summed E-state index contributed by atoms with van der Waals surface area (Å²) in [7, 11) is 3.92. The Bertz CT molecular complexity index is 579. The summed E-state index contributed by atoms with van der Waals surface area (Å²) in [6, 6.07) is 5.31. The molecular formula is C14H18N4O2. The first kappa shape index (κ1) is 14.1. The van der Waals surface area contributed by atoms with Crippen molar-refractivity contribution >= 4 is 5.91 Å². The first-order valence-corrected chi connectivity index (χ1v) is 6.28. The second-order valence-corrected chi connectivity index (χ2v) is 4.71. The van der Waals surface area contributed by atoms with Crippen LogP contribution in [0.2, 0.25) is 0 Å². The lowest BCUT2D eigenvalue weighted by molar-refractivity contribution is 0.0996. The van der Waals surface area contributed by atoms with Crippen LogP contribution in [0.25, 0.3) is 11.1 Å². The van der Waals surface area contributed by atoms with Crippen molar-refractivity contribution < 1.29 is 9.53 Å². The summed E-state index contributed by atoms with van der Waals surface area (Å²) in [5.41, 5.74) is 7.60. The maximum atomic E-state index is 11.4. The van der Waals surface area contributed by atoms with Crippen molar-refractivity contribution in [2.75, 3.05) is 27.2 Å². The molecule has 6 heteroatoms. The van der Waals surface area contributed by atoms with Gasteiger partial charge in [-0.3, -0.25) is 9.89 Å². The Balaban J connectivity index is 2.25. The van der Waals surface area contributed by atoms with Crippen LogP contribution in [0.1, 0.15) is 10.4 Å². The number of nitrogens with zero attached hydrogens (tertiary/aromatic N) is 2. The van der Waals surface area contributed by atoms with Crippen LogP contribution in [0.4, 0.5) is 0 Å². The fraction of sp³-hybridized carbons (Fsp3) is 0.286. The zero-order valence-electron chi connectivity index (χ0n) is 11.6. The van der Waals surface area contributed by atoms with Gasteiger partial charge in [0.2, 0.25) is 0 Å². The molecule has 1 aromatic carbocycles. The molecule has 0 atom stereocenters. The Morgan fingerprint density at radius 3 is 2.80 bits per heavy atom. The number of H-pyrrole nitrogens is 1. The van der Waals surface area contributed by atoms with Gasteiger partial charge in [0.15, 0.2) is 0 Å². The van der Waals surface area contributed by atoms with Gasteiger partial charge in [-0.05, 0) is 31.8 Å². The summed E-state index contributed by atoms with van der Waals surface area (Å²) in [5, 5.41) is 6.66. The normalized spacial score (nSPS) is 10.8. The Morgan fingerprint density at radius 2 is 2.20 bits per heavy atom. The van der Waals surface area contributed by atoms with Gasteiger partial charge < -0.3 is 15.4 Å². The molecule has 2 aromatic rings. The number of hydrogen-bond acceptors (Lipinski definition) is 4. The Kier molecular flexibility index (Phi) is 4.37. The first-order valence-electron chi connectivity index (χ1n) is 6.28. The largest absolute Gasteiger partial charge is 0.491 e. The van der Waals surface area contributed by atoms with Crippen LogP contribution < -0.4 is 10.5 Å². The van der Waals surface area contributed by atoms with Crippen molar-refractivity contribution in [3.8, 4) is 16.9 Å². The minimum absolute atomic E-state index is 0.385. The molecule has 0 aliphatic heterocycles. The number of hydrogen-bond donors (Lipinski definition) is 2. The number of carbonyl (C=O) groups excluding carboxylic acids is 1. The van der Waals surface area contributed by atoms with Crippen molar-refractivity contribution in [2.45, 2.75) is 0 Å². The molecule has 0 fully saturated rings. The summed E-state index contributed by atoms with van der Waals surface area (Å²) in [4.78, 5) is 13.4. The van der Waals surface area contributed by atoms with E-state index in [2.05, 4.69) is 10.2 Å². The average molecular weight is 274 g/mol. The zero-order chi connectivity index (χ0) is 14.5. The van der Waals surface area contributed by atoms with E-state index in [1.807, 2.05) is 25.1 Å². The van der Waals surface area contributed by atoms with Crippen LogP contribution >= 0.6 is 0 Å². The van der Waals surface area contributed by atoms with E-state index in [1.165, 1.54) is 0 Å². The van der Waals surface area contributed by atoms with Crippen molar-refractivity contribution in [1.29, 1.82) is 0 Å². The van der Waals surface area contributed by atoms with Gasteiger partial charge in [-0.2, -0.15) is 5.10 Å². The van der Waals surface area contributed by atoms with Gasteiger partial charge in [0.1, 0.15) is 12.4 Å². The van der Waals surface area contributed by atoms with E-state index < -0.39 is 5.91 Å².